The molecule has 2 saturated heterocycles. The summed E-state index contributed by atoms with van der Waals surface area (Å²) in [6.45, 7) is 5.52. The average molecular weight is 327 g/mol. The molecule has 2 aromatic heterocycles. The highest BCUT2D eigenvalue weighted by molar-refractivity contribution is 5.78. The fourth-order valence-electron chi connectivity index (χ4n) is 4.08. The van der Waals surface area contributed by atoms with Gasteiger partial charge in [0.15, 0.2) is 11.5 Å². The lowest BCUT2D eigenvalue weighted by Gasteiger charge is -2.33. The van der Waals surface area contributed by atoms with Crippen LogP contribution in [-0.2, 0) is 4.79 Å². The number of carbonyl (C=O) groups excluding carboxylic acids is 1. The Balaban J connectivity index is 1.50. The molecule has 4 rings (SSSR count). The molecule has 2 aliphatic heterocycles. The van der Waals surface area contributed by atoms with E-state index in [2.05, 4.69) is 26.4 Å². The van der Waals surface area contributed by atoms with Gasteiger partial charge in [-0.1, -0.05) is 13.0 Å². The second kappa shape index (κ2) is 6.51. The fraction of sp³-hybridized carbons (Fsp3) is 0.611. The molecule has 1 amide bonds. The van der Waals surface area contributed by atoms with Crippen LogP contribution in [0.15, 0.2) is 24.4 Å². The summed E-state index contributed by atoms with van der Waals surface area (Å²) in [5.41, 5.74) is 0.871. The SMILES string of the molecule is C[C@H]1CCCN(C(=O)CN2CCC[C@@H]2c2nnc3ccccn23)C1. The molecule has 2 atom stereocenters. The van der Waals surface area contributed by atoms with E-state index in [1.165, 1.54) is 6.42 Å². The highest BCUT2D eigenvalue weighted by Gasteiger charge is 2.32. The summed E-state index contributed by atoms with van der Waals surface area (Å²) in [7, 11) is 0. The van der Waals surface area contributed by atoms with E-state index in [1.807, 2.05) is 29.3 Å². The predicted octanol–water partition coefficient (Wildman–Crippen LogP) is 2.12. The zero-order chi connectivity index (χ0) is 16.5. The molecule has 2 aliphatic rings. The Morgan fingerprint density at radius 2 is 2.08 bits per heavy atom. The summed E-state index contributed by atoms with van der Waals surface area (Å²) in [6.07, 6.45) is 6.53. The zero-order valence-corrected chi connectivity index (χ0v) is 14.3. The number of carbonyl (C=O) groups is 1. The topological polar surface area (TPSA) is 53.7 Å². The lowest BCUT2D eigenvalue weighted by Crippen LogP contribution is -2.44. The van der Waals surface area contributed by atoms with Crippen molar-refractivity contribution in [1.29, 1.82) is 0 Å². The van der Waals surface area contributed by atoms with Crippen LogP contribution in [0.1, 0.15) is 44.5 Å². The van der Waals surface area contributed by atoms with Crippen molar-refractivity contribution >= 4 is 11.6 Å². The molecule has 6 heteroatoms. The first-order chi connectivity index (χ1) is 11.7. The lowest BCUT2D eigenvalue weighted by atomic mass is 10.0. The van der Waals surface area contributed by atoms with Gasteiger partial charge in [-0.3, -0.25) is 14.1 Å². The monoisotopic (exact) mass is 327 g/mol. The Labute approximate surface area is 142 Å². The lowest BCUT2D eigenvalue weighted by molar-refractivity contribution is -0.134. The number of likely N-dealkylation sites (tertiary alicyclic amines) is 2. The normalized spacial score (nSPS) is 25.5. The van der Waals surface area contributed by atoms with Crippen LogP contribution >= 0.6 is 0 Å². The number of fused-ring (bicyclic) bond motifs is 1. The molecule has 2 fully saturated rings. The molecule has 6 nitrogen and oxygen atoms in total. The third-order valence-corrected chi connectivity index (χ3v) is 5.35. The first-order valence-corrected chi connectivity index (χ1v) is 9.04. The highest BCUT2D eigenvalue weighted by atomic mass is 16.2. The van der Waals surface area contributed by atoms with E-state index in [0.717, 1.165) is 50.4 Å². The number of rotatable bonds is 3. The zero-order valence-electron chi connectivity index (χ0n) is 14.3. The van der Waals surface area contributed by atoms with Gasteiger partial charge >= 0.3 is 0 Å². The van der Waals surface area contributed by atoms with Crippen LogP contribution in [0.5, 0.6) is 0 Å². The maximum absolute atomic E-state index is 12.7. The van der Waals surface area contributed by atoms with Gasteiger partial charge in [0.25, 0.3) is 0 Å². The van der Waals surface area contributed by atoms with Gasteiger partial charge in [0.1, 0.15) is 0 Å². The molecule has 0 unspecified atom stereocenters. The third-order valence-electron chi connectivity index (χ3n) is 5.35. The van der Waals surface area contributed by atoms with E-state index in [0.29, 0.717) is 12.5 Å². The van der Waals surface area contributed by atoms with E-state index in [9.17, 15) is 4.79 Å². The minimum Gasteiger partial charge on any atom is -0.341 e. The standard InChI is InChI=1S/C18H25N5O/c1-14-6-4-10-22(12-14)17(24)13-21-9-5-7-15(21)18-20-19-16-8-2-3-11-23(16)18/h2-3,8,11,14-15H,4-7,9-10,12-13H2,1H3/t14-,15+/m0/s1. The Morgan fingerprint density at radius 1 is 1.21 bits per heavy atom. The number of hydrogen-bond acceptors (Lipinski definition) is 4. The van der Waals surface area contributed by atoms with Crippen molar-refractivity contribution in [2.24, 2.45) is 5.92 Å². The Hall–Kier alpha value is -1.95. The number of hydrogen-bond donors (Lipinski definition) is 0. The summed E-state index contributed by atoms with van der Waals surface area (Å²) in [5.74, 6) is 1.85. The largest absolute Gasteiger partial charge is 0.341 e. The minimum atomic E-state index is 0.188. The summed E-state index contributed by atoms with van der Waals surface area (Å²) in [4.78, 5) is 17.0. The van der Waals surface area contributed by atoms with Crippen LogP contribution in [0, 0.1) is 5.92 Å². The Kier molecular flexibility index (Phi) is 4.22. The number of pyridine rings is 1. The maximum atomic E-state index is 12.7. The van der Waals surface area contributed by atoms with Gasteiger partial charge in [0.2, 0.25) is 5.91 Å². The molecule has 0 N–H and O–H groups in total. The van der Waals surface area contributed by atoms with Crippen molar-refractivity contribution in [3.8, 4) is 0 Å². The van der Waals surface area contributed by atoms with Crippen LogP contribution in [0.25, 0.3) is 5.65 Å². The molecule has 0 radical (unpaired) electrons. The van der Waals surface area contributed by atoms with Crippen LogP contribution in [-0.4, -0.2) is 56.5 Å². The molecule has 0 aliphatic carbocycles. The van der Waals surface area contributed by atoms with E-state index >= 15 is 0 Å². The quantitative estimate of drug-likeness (QED) is 0.866. The van der Waals surface area contributed by atoms with Gasteiger partial charge < -0.3 is 4.90 Å². The molecule has 2 aromatic rings. The molecule has 0 bridgehead atoms. The van der Waals surface area contributed by atoms with Crippen LogP contribution in [0.2, 0.25) is 0 Å². The van der Waals surface area contributed by atoms with Crippen LogP contribution < -0.4 is 0 Å². The molecule has 0 spiro atoms. The third kappa shape index (κ3) is 2.90. The summed E-state index contributed by atoms with van der Waals surface area (Å²) < 4.78 is 2.05. The van der Waals surface area contributed by atoms with Crippen molar-refractivity contribution < 1.29 is 4.79 Å². The Morgan fingerprint density at radius 3 is 2.96 bits per heavy atom. The highest BCUT2D eigenvalue weighted by Crippen LogP contribution is 2.31. The van der Waals surface area contributed by atoms with Gasteiger partial charge in [-0.2, -0.15) is 0 Å². The van der Waals surface area contributed by atoms with Crippen molar-refractivity contribution in [1.82, 2.24) is 24.4 Å². The van der Waals surface area contributed by atoms with E-state index < -0.39 is 0 Å². The molecule has 4 heterocycles. The van der Waals surface area contributed by atoms with Gasteiger partial charge in [0.05, 0.1) is 12.6 Å². The molecule has 128 valence electrons. The summed E-state index contributed by atoms with van der Waals surface area (Å²) in [5, 5.41) is 8.67. The van der Waals surface area contributed by atoms with Crippen LogP contribution in [0.4, 0.5) is 0 Å². The van der Waals surface area contributed by atoms with Crippen molar-refractivity contribution in [3.05, 3.63) is 30.2 Å². The maximum Gasteiger partial charge on any atom is 0.236 e. The molecule has 0 saturated carbocycles. The number of aromatic nitrogens is 3. The predicted molar refractivity (Wildman–Crippen MR) is 91.5 cm³/mol. The fourth-order valence-corrected chi connectivity index (χ4v) is 4.08. The summed E-state index contributed by atoms with van der Waals surface area (Å²) in [6, 6.07) is 6.13. The van der Waals surface area contributed by atoms with Crippen molar-refractivity contribution in [2.45, 2.75) is 38.6 Å². The minimum absolute atomic E-state index is 0.188. The molecule has 24 heavy (non-hydrogen) atoms. The molecular weight excluding hydrogens is 302 g/mol. The van der Waals surface area contributed by atoms with Gasteiger partial charge in [-0.05, 0) is 50.3 Å². The van der Waals surface area contributed by atoms with E-state index in [4.69, 9.17) is 0 Å². The van der Waals surface area contributed by atoms with Gasteiger partial charge in [0, 0.05) is 19.3 Å². The Bertz CT molecular complexity index is 727. The van der Waals surface area contributed by atoms with E-state index in [-0.39, 0.29) is 11.9 Å². The van der Waals surface area contributed by atoms with Crippen molar-refractivity contribution in [3.63, 3.8) is 0 Å². The summed E-state index contributed by atoms with van der Waals surface area (Å²) >= 11 is 0. The second-order valence-corrected chi connectivity index (χ2v) is 7.20. The first-order valence-electron chi connectivity index (χ1n) is 9.04. The van der Waals surface area contributed by atoms with E-state index in [1.54, 1.807) is 0 Å². The van der Waals surface area contributed by atoms with Gasteiger partial charge in [-0.15, -0.1) is 10.2 Å². The number of nitrogens with zero attached hydrogens (tertiary/aromatic N) is 5. The average Bonchev–Trinajstić information content (AvgIpc) is 3.21. The smallest absolute Gasteiger partial charge is 0.236 e. The van der Waals surface area contributed by atoms with Gasteiger partial charge in [-0.25, -0.2) is 0 Å². The second-order valence-electron chi connectivity index (χ2n) is 7.20. The molecular formula is C18H25N5O. The first kappa shape index (κ1) is 15.6. The van der Waals surface area contributed by atoms with Crippen molar-refractivity contribution in [2.75, 3.05) is 26.2 Å². The van der Waals surface area contributed by atoms with Crippen LogP contribution in [0.3, 0.4) is 0 Å². The molecule has 0 aromatic carbocycles. The number of amides is 1. The number of piperidine rings is 1.